The Morgan fingerprint density at radius 3 is 3.10 bits per heavy atom. The van der Waals surface area contributed by atoms with Gasteiger partial charge in [-0.05, 0) is 20.5 Å². The number of nitrogen functional groups attached to an aromatic ring is 1. The molecule has 1 fully saturated rings. The third kappa shape index (κ3) is 3.40. The largest absolute Gasteiger partial charge is 0.566 e. The molecule has 1 aromatic heterocycles. The van der Waals surface area contributed by atoms with Crippen molar-refractivity contribution in [3.05, 3.63) is 21.2 Å². The van der Waals surface area contributed by atoms with Crippen LogP contribution in [0.25, 0.3) is 0 Å². The average molecular weight is 368 g/mol. The summed E-state index contributed by atoms with van der Waals surface area (Å²) in [6.07, 6.45) is -1.03. The smallest absolute Gasteiger partial charge is 0.488 e. The van der Waals surface area contributed by atoms with Crippen molar-refractivity contribution in [2.45, 2.75) is 24.9 Å². The Kier molecular flexibility index (Phi) is 4.84. The molecule has 0 bridgehead atoms. The van der Waals surface area contributed by atoms with E-state index in [4.69, 9.17) is 10.5 Å². The van der Waals surface area contributed by atoms with E-state index in [1.807, 2.05) is 0 Å². The minimum Gasteiger partial charge on any atom is -0.566 e. The topological polar surface area (TPSA) is 140 Å². The Labute approximate surface area is 122 Å². The molecule has 0 radical (unpaired) electrons. The molecule has 1 aliphatic rings. The molecule has 20 heavy (non-hydrogen) atoms. The summed E-state index contributed by atoms with van der Waals surface area (Å²) in [6.45, 7) is -0.311. The van der Waals surface area contributed by atoms with Crippen molar-refractivity contribution in [2.75, 3.05) is 12.3 Å². The summed E-state index contributed by atoms with van der Waals surface area (Å²) in [5.41, 5.74) is 4.85. The van der Waals surface area contributed by atoms with Gasteiger partial charge in [0, 0.05) is 12.6 Å². The van der Waals surface area contributed by atoms with Crippen LogP contribution in [0.4, 0.5) is 5.82 Å². The number of aliphatic hydroxyl groups is 1. The molecule has 110 valence electrons. The minimum atomic E-state index is -3.02. The summed E-state index contributed by atoms with van der Waals surface area (Å²) < 4.78 is 21.7. The summed E-state index contributed by atoms with van der Waals surface area (Å²) in [6, 6.07) is 0. The lowest BCUT2D eigenvalue weighted by molar-refractivity contribution is -0.189. The Balaban J connectivity index is 2.14. The maximum Gasteiger partial charge on any atom is 0.488 e. The number of rotatable bonds is 4. The second-order valence-corrected chi connectivity index (χ2v) is 5.68. The Hall–Kier alpha value is -0.900. The van der Waals surface area contributed by atoms with Crippen LogP contribution in [0.1, 0.15) is 12.6 Å². The van der Waals surface area contributed by atoms with Crippen LogP contribution in [-0.4, -0.2) is 33.5 Å². The monoisotopic (exact) mass is 367 g/mol. The summed E-state index contributed by atoms with van der Waals surface area (Å²) in [7, 11) is -3.02. The van der Waals surface area contributed by atoms with Crippen molar-refractivity contribution in [3.8, 4) is 0 Å². The highest BCUT2D eigenvalue weighted by Gasteiger charge is 2.37. The van der Waals surface area contributed by atoms with Crippen LogP contribution in [0.2, 0.25) is 0 Å². The zero-order chi connectivity index (χ0) is 14.9. The van der Waals surface area contributed by atoms with E-state index in [-0.39, 0.29) is 18.8 Å². The first-order valence-electron chi connectivity index (χ1n) is 5.53. The molecule has 0 spiro atoms. The minimum absolute atomic E-state index is 0.0491. The van der Waals surface area contributed by atoms with Crippen molar-refractivity contribution in [1.82, 2.24) is 9.55 Å². The predicted octanol–water partition coefficient (Wildman–Crippen LogP) is -0.729. The van der Waals surface area contributed by atoms with Crippen LogP contribution in [0.5, 0.6) is 0 Å². The molecule has 9 nitrogen and oxygen atoms in total. The van der Waals surface area contributed by atoms with E-state index < -0.39 is 32.4 Å². The van der Waals surface area contributed by atoms with E-state index in [1.54, 1.807) is 0 Å². The van der Waals surface area contributed by atoms with Crippen LogP contribution in [-0.2, 0) is 13.8 Å². The fourth-order valence-electron chi connectivity index (χ4n) is 1.83. The molecule has 0 amide bonds. The fourth-order valence-corrected chi connectivity index (χ4v) is 2.41. The molecule has 4 atom stereocenters. The number of nitrogens with two attached hydrogens (primary N) is 1. The third-order valence-corrected chi connectivity index (χ3v) is 3.76. The maximum absolute atomic E-state index is 11.7. The Bertz CT molecular complexity index is 581. The van der Waals surface area contributed by atoms with E-state index in [0.29, 0.717) is 4.47 Å². The van der Waals surface area contributed by atoms with E-state index in [2.05, 4.69) is 25.4 Å². The first kappa shape index (κ1) is 15.5. The lowest BCUT2D eigenvalue weighted by atomic mass is 10.2. The first-order chi connectivity index (χ1) is 9.38. The molecule has 1 aromatic rings. The van der Waals surface area contributed by atoms with Gasteiger partial charge in [-0.25, -0.2) is 4.79 Å². The van der Waals surface area contributed by atoms with Gasteiger partial charge in [-0.1, -0.05) is 0 Å². The van der Waals surface area contributed by atoms with Crippen LogP contribution in [0.3, 0.4) is 0 Å². The van der Waals surface area contributed by atoms with Gasteiger partial charge in [0.2, 0.25) is 0 Å². The van der Waals surface area contributed by atoms with Crippen LogP contribution in [0, 0.1) is 0 Å². The standard InChI is InChI=1S/C9H11BrN3O6P/c10-4-2-13(9(15)12-8(4)11)7-1-5(14)6(19-7)3-18-20(16)17/h2,5-7,14H,1,3H2,(H2,11,12,15)/t5-,6+,7+/m0/s1. The normalized spacial score (nSPS) is 26.8. The van der Waals surface area contributed by atoms with Crippen molar-refractivity contribution in [2.24, 2.45) is 0 Å². The quantitative estimate of drug-likeness (QED) is 0.663. The summed E-state index contributed by atoms with van der Waals surface area (Å²) in [5, 5.41) is 9.77. The third-order valence-electron chi connectivity index (χ3n) is 2.79. The van der Waals surface area contributed by atoms with Gasteiger partial charge >= 0.3 is 13.9 Å². The highest BCUT2D eigenvalue weighted by molar-refractivity contribution is 9.10. The van der Waals surface area contributed by atoms with Crippen LogP contribution >= 0.6 is 24.2 Å². The zero-order valence-corrected chi connectivity index (χ0v) is 12.5. The van der Waals surface area contributed by atoms with E-state index >= 15 is 0 Å². The van der Waals surface area contributed by atoms with E-state index in [0.717, 1.165) is 0 Å². The summed E-state index contributed by atoms with van der Waals surface area (Å²) in [5.74, 6) is 0.0491. The SMILES string of the molecule is Nc1nc(=O)n([C@H]2C[C@H](O)[C@@H](CO[P+](=O)[O-])O2)cc1Br. The molecule has 2 rings (SSSR count). The van der Waals surface area contributed by atoms with Gasteiger partial charge in [0.1, 0.15) is 24.8 Å². The molecular formula is C9H11BrN3O6P. The van der Waals surface area contributed by atoms with E-state index in [9.17, 15) is 19.4 Å². The van der Waals surface area contributed by atoms with Crippen molar-refractivity contribution >= 4 is 30.0 Å². The van der Waals surface area contributed by atoms with Gasteiger partial charge in [-0.15, -0.1) is 4.52 Å². The van der Waals surface area contributed by atoms with Gasteiger partial charge in [0.25, 0.3) is 0 Å². The van der Waals surface area contributed by atoms with Crippen LogP contribution in [0.15, 0.2) is 15.5 Å². The molecule has 1 saturated heterocycles. The van der Waals surface area contributed by atoms with E-state index in [1.165, 1.54) is 10.8 Å². The lowest BCUT2D eigenvalue weighted by Crippen LogP contribution is -2.28. The highest BCUT2D eigenvalue weighted by atomic mass is 79.9. The molecule has 1 unspecified atom stereocenters. The van der Waals surface area contributed by atoms with Gasteiger partial charge in [0.05, 0.1) is 10.6 Å². The first-order valence-corrected chi connectivity index (χ1v) is 7.42. The predicted molar refractivity (Wildman–Crippen MR) is 68.7 cm³/mol. The van der Waals surface area contributed by atoms with Gasteiger partial charge in [0.15, 0.2) is 0 Å². The number of ether oxygens (including phenoxy) is 1. The molecule has 0 saturated carbocycles. The number of anilines is 1. The van der Waals surface area contributed by atoms with Gasteiger partial charge < -0.3 is 20.5 Å². The molecular weight excluding hydrogens is 357 g/mol. The lowest BCUT2D eigenvalue weighted by Gasteiger charge is -2.14. The fraction of sp³-hybridized carbons (Fsp3) is 0.556. The van der Waals surface area contributed by atoms with Crippen LogP contribution < -0.4 is 16.3 Å². The number of aliphatic hydroxyl groups excluding tert-OH is 1. The average Bonchev–Trinajstić information content (AvgIpc) is 2.72. The number of hydrogen-bond donors (Lipinski definition) is 2. The van der Waals surface area contributed by atoms with Crippen molar-refractivity contribution < 1.29 is 23.8 Å². The molecule has 0 aromatic carbocycles. The highest BCUT2D eigenvalue weighted by Crippen LogP contribution is 2.30. The molecule has 0 aliphatic carbocycles. The van der Waals surface area contributed by atoms with Gasteiger partial charge in [-0.3, -0.25) is 4.57 Å². The Morgan fingerprint density at radius 2 is 2.45 bits per heavy atom. The zero-order valence-electron chi connectivity index (χ0n) is 10.0. The number of halogens is 1. The Morgan fingerprint density at radius 1 is 1.75 bits per heavy atom. The second-order valence-electron chi connectivity index (χ2n) is 4.12. The van der Waals surface area contributed by atoms with Crippen molar-refractivity contribution in [1.29, 1.82) is 0 Å². The number of aromatic nitrogens is 2. The van der Waals surface area contributed by atoms with Gasteiger partial charge in [-0.2, -0.15) is 4.98 Å². The molecule has 1 aliphatic heterocycles. The summed E-state index contributed by atoms with van der Waals surface area (Å²) >= 11 is 3.14. The van der Waals surface area contributed by atoms with Crippen molar-refractivity contribution in [3.63, 3.8) is 0 Å². The number of nitrogens with zero attached hydrogens (tertiary/aromatic N) is 2. The molecule has 2 heterocycles. The maximum atomic E-state index is 11.7. The second kappa shape index (κ2) is 6.25. The number of hydrogen-bond acceptors (Lipinski definition) is 8. The molecule has 3 N–H and O–H groups in total. The molecule has 11 heteroatoms. The summed E-state index contributed by atoms with van der Waals surface area (Å²) in [4.78, 5) is 25.7.